The molecule has 4 rings (SSSR count). The summed E-state index contributed by atoms with van der Waals surface area (Å²) in [4.78, 5) is 14.7. The molecule has 0 aromatic heterocycles. The lowest BCUT2D eigenvalue weighted by Crippen LogP contribution is -2.49. The van der Waals surface area contributed by atoms with Gasteiger partial charge in [0.05, 0.1) is 0 Å². The van der Waals surface area contributed by atoms with E-state index in [0.717, 1.165) is 24.8 Å². The van der Waals surface area contributed by atoms with Crippen LogP contribution in [0.25, 0.3) is 0 Å². The van der Waals surface area contributed by atoms with Gasteiger partial charge in [0.1, 0.15) is 5.82 Å². The highest BCUT2D eigenvalue weighted by Gasteiger charge is 2.47. The first kappa shape index (κ1) is 16.7. The molecule has 2 bridgehead atoms. The Morgan fingerprint density at radius 3 is 2.35 bits per heavy atom. The summed E-state index contributed by atoms with van der Waals surface area (Å²) in [5.41, 5.74) is 1.10. The Bertz CT molecular complexity index is 567. The van der Waals surface area contributed by atoms with Crippen LogP contribution in [0.2, 0.25) is 0 Å². The summed E-state index contributed by atoms with van der Waals surface area (Å²) < 4.78 is 13.0. The van der Waals surface area contributed by atoms with Crippen LogP contribution in [-0.2, 0) is 4.79 Å². The molecule has 4 atom stereocenters. The van der Waals surface area contributed by atoms with Crippen LogP contribution in [0, 0.1) is 11.7 Å². The van der Waals surface area contributed by atoms with Crippen molar-refractivity contribution in [3.8, 4) is 0 Å². The fraction of sp³-hybridized carbons (Fsp3) is 0.611. The van der Waals surface area contributed by atoms with Gasteiger partial charge in [-0.3, -0.25) is 4.79 Å². The highest BCUT2D eigenvalue weighted by Crippen LogP contribution is 2.48. The number of hydrogen-bond donors (Lipinski definition) is 1. The number of amides is 1. The van der Waals surface area contributed by atoms with E-state index in [1.165, 1.54) is 25.0 Å². The van der Waals surface area contributed by atoms with Gasteiger partial charge in [-0.1, -0.05) is 12.1 Å². The fourth-order valence-electron chi connectivity index (χ4n) is 4.33. The van der Waals surface area contributed by atoms with Gasteiger partial charge >= 0.3 is 0 Å². The van der Waals surface area contributed by atoms with Crippen molar-refractivity contribution in [3.05, 3.63) is 35.6 Å². The summed E-state index contributed by atoms with van der Waals surface area (Å²) in [5, 5.41) is 3.63. The van der Waals surface area contributed by atoms with Crippen molar-refractivity contribution in [2.24, 2.45) is 5.92 Å². The number of nitrogens with zero attached hydrogens (tertiary/aromatic N) is 1. The van der Waals surface area contributed by atoms with Crippen molar-refractivity contribution in [1.82, 2.24) is 10.2 Å². The van der Waals surface area contributed by atoms with Crippen LogP contribution in [0.4, 0.5) is 4.39 Å². The van der Waals surface area contributed by atoms with E-state index in [0.29, 0.717) is 18.1 Å². The molecule has 1 saturated carbocycles. The lowest BCUT2D eigenvalue weighted by atomic mass is 9.98. The number of fused-ring (bicyclic) bond motifs is 2. The molecule has 3 aliphatic rings. The number of benzene rings is 1. The number of piperidine rings is 1. The van der Waals surface area contributed by atoms with Gasteiger partial charge < -0.3 is 10.2 Å². The number of hydrogen-bond acceptors (Lipinski definition) is 2. The maximum atomic E-state index is 13.0. The Balaban J connectivity index is 0.00000156. The number of rotatable bonds is 3. The first-order chi connectivity index (χ1) is 10.6. The van der Waals surface area contributed by atoms with Crippen molar-refractivity contribution in [3.63, 3.8) is 0 Å². The first-order valence-electron chi connectivity index (χ1n) is 8.40. The predicted molar refractivity (Wildman–Crippen MR) is 90.2 cm³/mol. The smallest absolute Gasteiger partial charge is 0.226 e. The molecule has 3 nitrogen and oxygen atoms in total. The maximum Gasteiger partial charge on any atom is 0.226 e. The van der Waals surface area contributed by atoms with Crippen LogP contribution >= 0.6 is 12.4 Å². The van der Waals surface area contributed by atoms with Gasteiger partial charge in [0, 0.05) is 31.1 Å². The molecule has 0 radical (unpaired) electrons. The predicted octanol–water partition coefficient (Wildman–Crippen LogP) is 3.09. The van der Waals surface area contributed by atoms with Crippen molar-refractivity contribution < 1.29 is 9.18 Å². The quantitative estimate of drug-likeness (QED) is 0.918. The summed E-state index contributed by atoms with van der Waals surface area (Å²) in [5.74, 6) is 0.451. The summed E-state index contributed by atoms with van der Waals surface area (Å²) >= 11 is 0. The van der Waals surface area contributed by atoms with Gasteiger partial charge in [-0.25, -0.2) is 4.39 Å². The zero-order chi connectivity index (χ0) is 15.3. The number of halogens is 2. The Morgan fingerprint density at radius 1 is 1.13 bits per heavy atom. The molecule has 1 aromatic rings. The van der Waals surface area contributed by atoms with Crippen LogP contribution in [0.15, 0.2) is 24.3 Å². The van der Waals surface area contributed by atoms with E-state index in [4.69, 9.17) is 0 Å². The minimum absolute atomic E-state index is 0. The lowest BCUT2D eigenvalue weighted by Gasteiger charge is -2.35. The molecule has 23 heavy (non-hydrogen) atoms. The molecule has 4 unspecified atom stereocenters. The summed E-state index contributed by atoms with van der Waals surface area (Å²) in [6.45, 7) is 0. The van der Waals surface area contributed by atoms with E-state index in [1.54, 1.807) is 0 Å². The summed E-state index contributed by atoms with van der Waals surface area (Å²) in [6.07, 6.45) is 5.60. The molecular formula is C18H24ClFN2O. The fourth-order valence-corrected chi connectivity index (χ4v) is 4.33. The van der Waals surface area contributed by atoms with Crippen LogP contribution in [0.3, 0.4) is 0 Å². The molecule has 2 aliphatic heterocycles. The van der Waals surface area contributed by atoms with E-state index in [-0.39, 0.29) is 36.0 Å². The molecule has 1 aromatic carbocycles. The standard InChI is InChI=1S/C18H23FN2O.ClH/c1-21(15-8-13-6-7-14(9-15)20-13)18(22)17-10-16(17)11-2-4-12(19)5-3-11;/h2-5,13-17,20H,6-10H2,1H3;1H. The van der Waals surface area contributed by atoms with Crippen LogP contribution in [0.1, 0.15) is 43.6 Å². The highest BCUT2D eigenvalue weighted by atomic mass is 35.5. The number of carbonyl (C=O) groups excluding carboxylic acids is 1. The SMILES string of the molecule is CN(C(=O)C1CC1c1ccc(F)cc1)C1CC2CCC(C1)N2.Cl. The van der Waals surface area contributed by atoms with Crippen LogP contribution < -0.4 is 5.32 Å². The van der Waals surface area contributed by atoms with Gasteiger partial charge in [-0.05, 0) is 55.7 Å². The minimum atomic E-state index is -0.213. The Hall–Kier alpha value is -1.13. The average Bonchev–Trinajstić information content (AvgIpc) is 3.26. The molecule has 2 heterocycles. The lowest BCUT2D eigenvalue weighted by molar-refractivity contribution is -0.134. The Morgan fingerprint density at radius 2 is 1.74 bits per heavy atom. The minimum Gasteiger partial charge on any atom is -0.342 e. The van der Waals surface area contributed by atoms with E-state index >= 15 is 0 Å². The molecule has 0 spiro atoms. The second-order valence-electron chi connectivity index (χ2n) is 7.21. The summed E-state index contributed by atoms with van der Waals surface area (Å²) in [6, 6.07) is 8.21. The third-order valence-electron chi connectivity index (χ3n) is 5.75. The summed E-state index contributed by atoms with van der Waals surface area (Å²) in [7, 11) is 1.97. The second-order valence-corrected chi connectivity index (χ2v) is 7.21. The van der Waals surface area contributed by atoms with Gasteiger partial charge in [-0.15, -0.1) is 12.4 Å². The molecule has 2 saturated heterocycles. The van der Waals surface area contributed by atoms with Gasteiger partial charge in [0.2, 0.25) is 5.91 Å². The molecule has 1 N–H and O–H groups in total. The number of nitrogens with one attached hydrogen (secondary N) is 1. The van der Waals surface area contributed by atoms with Crippen molar-refractivity contribution in [2.45, 2.75) is 56.1 Å². The molecule has 1 aliphatic carbocycles. The average molecular weight is 339 g/mol. The largest absolute Gasteiger partial charge is 0.342 e. The van der Waals surface area contributed by atoms with Crippen molar-refractivity contribution in [1.29, 1.82) is 0 Å². The molecule has 3 fully saturated rings. The maximum absolute atomic E-state index is 13.0. The van der Waals surface area contributed by atoms with Gasteiger partial charge in [-0.2, -0.15) is 0 Å². The first-order valence-corrected chi connectivity index (χ1v) is 8.40. The van der Waals surface area contributed by atoms with Crippen molar-refractivity contribution in [2.75, 3.05) is 7.05 Å². The monoisotopic (exact) mass is 338 g/mol. The Labute approximate surface area is 143 Å². The highest BCUT2D eigenvalue weighted by molar-refractivity contribution is 5.85. The third kappa shape index (κ3) is 3.24. The van der Waals surface area contributed by atoms with Crippen LogP contribution in [0.5, 0.6) is 0 Å². The second kappa shape index (κ2) is 6.40. The molecule has 1 amide bonds. The van der Waals surface area contributed by atoms with E-state index in [9.17, 15) is 9.18 Å². The molecular weight excluding hydrogens is 315 g/mol. The van der Waals surface area contributed by atoms with E-state index in [2.05, 4.69) is 5.32 Å². The molecule has 126 valence electrons. The van der Waals surface area contributed by atoms with Gasteiger partial charge in [0.15, 0.2) is 0 Å². The normalized spacial score (nSPS) is 34.6. The zero-order valence-electron chi connectivity index (χ0n) is 13.4. The zero-order valence-corrected chi connectivity index (χ0v) is 14.2. The van der Waals surface area contributed by atoms with E-state index in [1.807, 2.05) is 24.1 Å². The Kier molecular flexibility index (Phi) is 4.65. The third-order valence-corrected chi connectivity index (χ3v) is 5.75. The van der Waals surface area contributed by atoms with Crippen LogP contribution in [-0.4, -0.2) is 36.0 Å². The van der Waals surface area contributed by atoms with Crippen molar-refractivity contribution >= 4 is 18.3 Å². The topological polar surface area (TPSA) is 32.3 Å². The van der Waals surface area contributed by atoms with E-state index < -0.39 is 0 Å². The molecule has 5 heteroatoms. The van der Waals surface area contributed by atoms with Gasteiger partial charge in [0.25, 0.3) is 0 Å². The number of carbonyl (C=O) groups is 1.